The van der Waals surface area contributed by atoms with Crippen LogP contribution in [0.4, 0.5) is 0 Å². The van der Waals surface area contributed by atoms with Crippen molar-refractivity contribution in [1.29, 1.82) is 0 Å². The minimum atomic E-state index is -0.514. The van der Waals surface area contributed by atoms with Gasteiger partial charge in [0.25, 0.3) is 5.91 Å². The monoisotopic (exact) mass is 504 g/mol. The van der Waals surface area contributed by atoms with Crippen LogP contribution in [0.5, 0.6) is 11.5 Å². The number of benzene rings is 3. The molecular formula is C27H21ClN2O4S. The molecule has 0 spiro atoms. The smallest absolute Gasteiger partial charge is 0.355 e. The third kappa shape index (κ3) is 6.15. The Morgan fingerprint density at radius 2 is 1.77 bits per heavy atom. The van der Waals surface area contributed by atoms with Crippen LogP contribution in [0.15, 0.2) is 90.6 Å². The summed E-state index contributed by atoms with van der Waals surface area (Å²) >= 11 is 7.64. The highest BCUT2D eigenvalue weighted by Crippen LogP contribution is 2.35. The van der Waals surface area contributed by atoms with Crippen LogP contribution in [-0.2, 0) is 11.2 Å². The lowest BCUT2D eigenvalue weighted by atomic mass is 10.1. The fourth-order valence-electron chi connectivity index (χ4n) is 3.24. The van der Waals surface area contributed by atoms with Gasteiger partial charge in [0.1, 0.15) is 16.4 Å². The lowest BCUT2D eigenvalue weighted by Crippen LogP contribution is -2.24. The first-order valence-electron chi connectivity index (χ1n) is 10.7. The van der Waals surface area contributed by atoms with E-state index in [1.807, 2.05) is 42.5 Å². The molecule has 0 atom stereocenters. The fourth-order valence-corrected chi connectivity index (χ4v) is 4.63. The lowest BCUT2D eigenvalue weighted by Gasteiger charge is -2.09. The second-order valence-electron chi connectivity index (χ2n) is 7.38. The van der Waals surface area contributed by atoms with Crippen molar-refractivity contribution in [3.05, 3.63) is 106 Å². The standard InChI is InChI=1S/C27H21ClN2O4S/c1-2-7-19-8-3-5-10-22(19)33-17-24(31)30-29-16-18-12-14-20(15-13-18)34-27(32)26-25(28)21-9-4-6-11-23(21)35-26/h2-6,8-16H,1,7,17H2,(H,30,31)/b29-16+. The first kappa shape index (κ1) is 24.2. The molecule has 0 bridgehead atoms. The molecule has 4 rings (SSSR count). The van der Waals surface area contributed by atoms with Crippen LogP contribution >= 0.6 is 22.9 Å². The fraction of sp³-hybridized carbons (Fsp3) is 0.0741. The normalized spacial score (nSPS) is 10.9. The van der Waals surface area contributed by atoms with Crippen molar-refractivity contribution in [1.82, 2.24) is 5.43 Å². The summed E-state index contributed by atoms with van der Waals surface area (Å²) < 4.78 is 12.0. The van der Waals surface area contributed by atoms with Crippen molar-refractivity contribution < 1.29 is 19.1 Å². The molecule has 6 nitrogen and oxygen atoms in total. The van der Waals surface area contributed by atoms with E-state index in [0.29, 0.717) is 33.4 Å². The molecule has 0 aliphatic heterocycles. The number of amides is 1. The first-order chi connectivity index (χ1) is 17.0. The number of halogens is 1. The van der Waals surface area contributed by atoms with Gasteiger partial charge in [-0.3, -0.25) is 4.79 Å². The minimum absolute atomic E-state index is 0.166. The summed E-state index contributed by atoms with van der Waals surface area (Å²) in [5.74, 6) is 0.102. The third-order valence-electron chi connectivity index (χ3n) is 4.91. The number of carbonyl (C=O) groups is 2. The number of rotatable bonds is 9. The van der Waals surface area contributed by atoms with Gasteiger partial charge in [-0.2, -0.15) is 5.10 Å². The highest BCUT2D eigenvalue weighted by Gasteiger charge is 2.18. The van der Waals surface area contributed by atoms with Gasteiger partial charge in [0.2, 0.25) is 0 Å². The van der Waals surface area contributed by atoms with E-state index in [-0.39, 0.29) is 12.5 Å². The van der Waals surface area contributed by atoms with Gasteiger partial charge in [-0.15, -0.1) is 17.9 Å². The molecule has 4 aromatic rings. The second-order valence-corrected chi connectivity index (χ2v) is 8.81. The van der Waals surface area contributed by atoms with Crippen LogP contribution in [0.25, 0.3) is 10.1 Å². The summed E-state index contributed by atoms with van der Waals surface area (Å²) in [5.41, 5.74) is 4.09. The summed E-state index contributed by atoms with van der Waals surface area (Å²) in [5, 5.41) is 5.16. The number of fused-ring (bicyclic) bond motifs is 1. The van der Waals surface area contributed by atoms with Crippen molar-refractivity contribution >= 4 is 51.1 Å². The van der Waals surface area contributed by atoms with Crippen molar-refractivity contribution in [3.8, 4) is 11.5 Å². The Hall–Kier alpha value is -3.94. The van der Waals surface area contributed by atoms with Gasteiger partial charge < -0.3 is 9.47 Å². The number of hydrogen-bond donors (Lipinski definition) is 1. The zero-order chi connectivity index (χ0) is 24.6. The Labute approximate surface area is 211 Å². The topological polar surface area (TPSA) is 77.0 Å². The zero-order valence-electron chi connectivity index (χ0n) is 18.6. The number of thiophene rings is 1. The van der Waals surface area contributed by atoms with Crippen LogP contribution in [0, 0.1) is 0 Å². The average Bonchev–Trinajstić information content (AvgIpc) is 3.21. The number of hydrazone groups is 1. The first-order valence-corrected chi connectivity index (χ1v) is 11.9. The predicted octanol–water partition coefficient (Wildman–Crippen LogP) is 6.03. The van der Waals surface area contributed by atoms with E-state index in [9.17, 15) is 9.59 Å². The summed E-state index contributed by atoms with van der Waals surface area (Å²) in [4.78, 5) is 25.0. The van der Waals surface area contributed by atoms with Gasteiger partial charge >= 0.3 is 5.97 Å². The molecule has 1 amide bonds. The molecule has 0 saturated carbocycles. The molecule has 1 N–H and O–H groups in total. The SMILES string of the molecule is C=CCc1ccccc1OCC(=O)N/N=C/c1ccc(OC(=O)c2sc3ccccc3c2Cl)cc1. The molecule has 0 aliphatic rings. The highest BCUT2D eigenvalue weighted by atomic mass is 35.5. The maximum Gasteiger partial charge on any atom is 0.355 e. The van der Waals surface area contributed by atoms with Crippen LogP contribution in [0.3, 0.4) is 0 Å². The maximum atomic E-state index is 12.6. The number of allylic oxidation sites excluding steroid dienone is 1. The molecule has 0 aliphatic carbocycles. The van der Waals surface area contributed by atoms with E-state index in [1.165, 1.54) is 17.6 Å². The molecule has 176 valence electrons. The van der Waals surface area contributed by atoms with Gasteiger partial charge in [-0.25, -0.2) is 10.2 Å². The Morgan fingerprint density at radius 3 is 2.54 bits per heavy atom. The van der Waals surface area contributed by atoms with Crippen LogP contribution in [0.2, 0.25) is 5.02 Å². The average molecular weight is 505 g/mol. The number of nitrogens with zero attached hydrogens (tertiary/aromatic N) is 1. The molecule has 1 aromatic heterocycles. The number of hydrogen-bond acceptors (Lipinski definition) is 6. The van der Waals surface area contributed by atoms with Crippen LogP contribution < -0.4 is 14.9 Å². The van der Waals surface area contributed by atoms with Gasteiger partial charge in [0.05, 0.1) is 11.2 Å². The van der Waals surface area contributed by atoms with E-state index in [2.05, 4.69) is 17.1 Å². The minimum Gasteiger partial charge on any atom is -0.483 e. The Bertz CT molecular complexity index is 1400. The zero-order valence-corrected chi connectivity index (χ0v) is 20.1. The van der Waals surface area contributed by atoms with E-state index in [1.54, 1.807) is 36.4 Å². The van der Waals surface area contributed by atoms with Crippen molar-refractivity contribution in [2.24, 2.45) is 5.10 Å². The number of carbonyl (C=O) groups excluding carboxylic acids is 2. The molecule has 35 heavy (non-hydrogen) atoms. The van der Waals surface area contributed by atoms with Gasteiger partial charge in [0, 0.05) is 10.1 Å². The summed E-state index contributed by atoms with van der Waals surface area (Å²) in [6.07, 6.45) is 3.91. The Morgan fingerprint density at radius 1 is 1.03 bits per heavy atom. The molecule has 0 fully saturated rings. The molecule has 0 saturated heterocycles. The maximum absolute atomic E-state index is 12.6. The predicted molar refractivity (Wildman–Crippen MR) is 140 cm³/mol. The van der Waals surface area contributed by atoms with E-state index in [4.69, 9.17) is 21.1 Å². The molecule has 0 radical (unpaired) electrons. The second kappa shape index (κ2) is 11.5. The third-order valence-corrected chi connectivity index (χ3v) is 6.56. The van der Waals surface area contributed by atoms with Crippen molar-refractivity contribution in [3.63, 3.8) is 0 Å². The van der Waals surface area contributed by atoms with E-state index in [0.717, 1.165) is 15.6 Å². The Balaban J connectivity index is 1.29. The lowest BCUT2D eigenvalue weighted by molar-refractivity contribution is -0.123. The molecule has 3 aromatic carbocycles. The van der Waals surface area contributed by atoms with Gasteiger partial charge in [0.15, 0.2) is 6.61 Å². The van der Waals surface area contributed by atoms with Gasteiger partial charge in [-0.05, 0) is 53.9 Å². The van der Waals surface area contributed by atoms with Crippen LogP contribution in [-0.4, -0.2) is 24.7 Å². The summed E-state index contributed by atoms with van der Waals surface area (Å²) in [6.45, 7) is 3.56. The molecule has 0 unspecified atom stereocenters. The van der Waals surface area contributed by atoms with Crippen LogP contribution in [0.1, 0.15) is 20.8 Å². The number of nitrogens with one attached hydrogen (secondary N) is 1. The number of ether oxygens (including phenoxy) is 2. The van der Waals surface area contributed by atoms with E-state index >= 15 is 0 Å². The van der Waals surface area contributed by atoms with Crippen molar-refractivity contribution in [2.75, 3.05) is 6.61 Å². The Kier molecular flexibility index (Phi) is 7.92. The van der Waals surface area contributed by atoms with E-state index < -0.39 is 5.97 Å². The number of esters is 1. The summed E-state index contributed by atoms with van der Waals surface area (Å²) in [7, 11) is 0. The molecule has 8 heteroatoms. The van der Waals surface area contributed by atoms with Crippen molar-refractivity contribution in [2.45, 2.75) is 6.42 Å². The molecule has 1 heterocycles. The largest absolute Gasteiger partial charge is 0.483 e. The summed E-state index contributed by atoms with van der Waals surface area (Å²) in [6, 6.07) is 21.7. The highest BCUT2D eigenvalue weighted by molar-refractivity contribution is 7.21. The quantitative estimate of drug-likeness (QED) is 0.0992. The van der Waals surface area contributed by atoms with Gasteiger partial charge in [-0.1, -0.05) is 54.1 Å². The number of para-hydroxylation sites is 1. The molecular weight excluding hydrogens is 484 g/mol.